The van der Waals surface area contributed by atoms with Crippen molar-refractivity contribution in [2.45, 2.75) is 30.6 Å². The van der Waals surface area contributed by atoms with Crippen LogP contribution in [0.3, 0.4) is 0 Å². The van der Waals surface area contributed by atoms with Gasteiger partial charge < -0.3 is 10.1 Å². The van der Waals surface area contributed by atoms with Crippen molar-refractivity contribution in [3.63, 3.8) is 0 Å². The predicted molar refractivity (Wildman–Crippen MR) is 107 cm³/mol. The quantitative estimate of drug-likeness (QED) is 0.616. The highest BCUT2D eigenvalue weighted by molar-refractivity contribution is 7.99. The molecule has 1 aromatic carbocycles. The predicted octanol–water partition coefficient (Wildman–Crippen LogP) is 2.59. The summed E-state index contributed by atoms with van der Waals surface area (Å²) in [6, 6.07) is 9.42. The lowest BCUT2D eigenvalue weighted by atomic mass is 10.2. The summed E-state index contributed by atoms with van der Waals surface area (Å²) in [7, 11) is 1.87. The zero-order chi connectivity index (χ0) is 19.3. The lowest BCUT2D eigenvalue weighted by molar-refractivity contribution is -0.113. The van der Waals surface area contributed by atoms with Crippen LogP contribution in [0.2, 0.25) is 0 Å². The fraction of sp³-hybridized carbons (Fsp3) is 0.368. The van der Waals surface area contributed by atoms with Crippen LogP contribution in [0, 0.1) is 0 Å². The normalized spacial score (nSPS) is 16.4. The smallest absolute Gasteiger partial charge is 0.234 e. The maximum absolute atomic E-state index is 12.3. The molecule has 1 aliphatic heterocycles. The van der Waals surface area contributed by atoms with Crippen LogP contribution >= 0.6 is 11.8 Å². The molecule has 1 fully saturated rings. The zero-order valence-electron chi connectivity index (χ0n) is 15.6. The zero-order valence-corrected chi connectivity index (χ0v) is 16.4. The number of nitrogens with one attached hydrogen (secondary N) is 1. The van der Waals surface area contributed by atoms with E-state index in [1.165, 1.54) is 11.8 Å². The number of ether oxygens (including phenoxy) is 1. The van der Waals surface area contributed by atoms with Crippen LogP contribution in [0.1, 0.15) is 12.8 Å². The van der Waals surface area contributed by atoms with E-state index in [9.17, 15) is 4.79 Å². The number of aromatic nitrogens is 5. The summed E-state index contributed by atoms with van der Waals surface area (Å²) in [5.41, 5.74) is 1.68. The number of amides is 1. The van der Waals surface area contributed by atoms with Crippen LogP contribution in [0.5, 0.6) is 0 Å². The minimum Gasteiger partial charge on any atom is -0.376 e. The van der Waals surface area contributed by atoms with Gasteiger partial charge in [-0.15, -0.1) is 10.2 Å². The molecule has 1 atom stereocenters. The molecule has 8 nitrogen and oxygen atoms in total. The number of anilines is 1. The van der Waals surface area contributed by atoms with Gasteiger partial charge in [0.25, 0.3) is 0 Å². The van der Waals surface area contributed by atoms with Crippen molar-refractivity contribution in [1.29, 1.82) is 0 Å². The van der Waals surface area contributed by atoms with Gasteiger partial charge in [0.2, 0.25) is 5.91 Å². The molecular weight excluding hydrogens is 376 g/mol. The van der Waals surface area contributed by atoms with E-state index in [1.54, 1.807) is 10.9 Å². The van der Waals surface area contributed by atoms with Crippen LogP contribution < -0.4 is 5.32 Å². The van der Waals surface area contributed by atoms with Crippen LogP contribution in [-0.4, -0.2) is 48.9 Å². The van der Waals surface area contributed by atoms with Crippen molar-refractivity contribution in [1.82, 2.24) is 24.5 Å². The summed E-state index contributed by atoms with van der Waals surface area (Å²) in [6.07, 6.45) is 5.91. The van der Waals surface area contributed by atoms with E-state index in [2.05, 4.69) is 20.6 Å². The Bertz CT molecular complexity index is 933. The third-order valence-corrected chi connectivity index (χ3v) is 5.45. The Morgan fingerprint density at radius 2 is 2.18 bits per heavy atom. The van der Waals surface area contributed by atoms with Gasteiger partial charge in [-0.3, -0.25) is 14.0 Å². The number of benzene rings is 1. The minimum absolute atomic E-state index is 0.0780. The van der Waals surface area contributed by atoms with E-state index in [0.717, 1.165) is 36.5 Å². The second-order valence-corrected chi connectivity index (χ2v) is 7.60. The summed E-state index contributed by atoms with van der Waals surface area (Å²) < 4.78 is 9.57. The standard InChI is InChI=1S/C19H22N6O2S/c1-24-11-14(10-20-24)18-22-23-19(25(18)12-16-8-5-9-27-16)28-13-17(26)21-15-6-3-2-4-7-15/h2-4,6-7,10-11,16H,5,8-9,12-13H2,1H3,(H,21,26). The van der Waals surface area contributed by atoms with Gasteiger partial charge in [-0.25, -0.2) is 0 Å². The second kappa shape index (κ2) is 8.57. The van der Waals surface area contributed by atoms with Gasteiger partial charge in [0.1, 0.15) is 0 Å². The molecule has 1 amide bonds. The van der Waals surface area contributed by atoms with Gasteiger partial charge in [0.05, 0.1) is 30.2 Å². The molecule has 1 unspecified atom stereocenters. The Balaban J connectivity index is 1.49. The maximum Gasteiger partial charge on any atom is 0.234 e. The minimum atomic E-state index is -0.0780. The molecule has 1 N–H and O–H groups in total. The number of rotatable bonds is 7. The van der Waals surface area contributed by atoms with E-state index in [1.807, 2.05) is 48.1 Å². The number of thioether (sulfide) groups is 1. The van der Waals surface area contributed by atoms with Gasteiger partial charge in [-0.2, -0.15) is 5.10 Å². The van der Waals surface area contributed by atoms with Gasteiger partial charge >= 0.3 is 0 Å². The lowest BCUT2D eigenvalue weighted by Crippen LogP contribution is -2.18. The number of carbonyl (C=O) groups excluding carboxylic acids is 1. The maximum atomic E-state index is 12.3. The average molecular weight is 398 g/mol. The van der Waals surface area contributed by atoms with Crippen LogP contribution in [0.25, 0.3) is 11.4 Å². The average Bonchev–Trinajstić information content (AvgIpc) is 3.43. The molecule has 4 rings (SSSR count). The topological polar surface area (TPSA) is 86.9 Å². The Morgan fingerprint density at radius 1 is 1.32 bits per heavy atom. The van der Waals surface area contributed by atoms with E-state index >= 15 is 0 Å². The molecule has 146 valence electrons. The van der Waals surface area contributed by atoms with Crippen LogP contribution in [0.15, 0.2) is 47.9 Å². The number of hydrogen-bond donors (Lipinski definition) is 1. The van der Waals surface area contributed by atoms with Gasteiger partial charge in [0.15, 0.2) is 11.0 Å². The SMILES string of the molecule is Cn1cc(-c2nnc(SCC(=O)Nc3ccccc3)n2CC2CCCO2)cn1. The summed E-state index contributed by atoms with van der Waals surface area (Å²) in [5, 5.41) is 16.5. The molecule has 0 bridgehead atoms. The fourth-order valence-corrected chi connectivity index (χ4v) is 3.90. The Morgan fingerprint density at radius 3 is 2.89 bits per heavy atom. The van der Waals surface area contributed by atoms with Crippen molar-refractivity contribution in [2.75, 3.05) is 17.7 Å². The summed E-state index contributed by atoms with van der Waals surface area (Å²) in [5.74, 6) is 0.923. The molecule has 0 radical (unpaired) electrons. The van der Waals surface area contributed by atoms with E-state index < -0.39 is 0 Å². The highest BCUT2D eigenvalue weighted by Crippen LogP contribution is 2.26. The molecule has 28 heavy (non-hydrogen) atoms. The van der Waals surface area contributed by atoms with Crippen molar-refractivity contribution in [3.05, 3.63) is 42.7 Å². The molecule has 0 aliphatic carbocycles. The molecule has 0 spiro atoms. The number of carbonyl (C=O) groups is 1. The molecule has 1 aliphatic rings. The fourth-order valence-electron chi connectivity index (χ4n) is 3.15. The molecule has 2 aromatic heterocycles. The Labute approximate surface area is 167 Å². The first-order chi connectivity index (χ1) is 13.7. The van der Waals surface area contributed by atoms with Gasteiger partial charge in [-0.1, -0.05) is 30.0 Å². The van der Waals surface area contributed by atoms with E-state index in [0.29, 0.717) is 11.7 Å². The van der Waals surface area contributed by atoms with E-state index in [4.69, 9.17) is 4.74 Å². The first kappa shape index (κ1) is 18.7. The molecule has 1 saturated heterocycles. The second-order valence-electron chi connectivity index (χ2n) is 6.66. The highest BCUT2D eigenvalue weighted by atomic mass is 32.2. The summed E-state index contributed by atoms with van der Waals surface area (Å²) in [4.78, 5) is 12.3. The molecule has 3 heterocycles. The number of para-hydroxylation sites is 1. The van der Waals surface area contributed by atoms with Crippen molar-refractivity contribution < 1.29 is 9.53 Å². The third kappa shape index (κ3) is 4.42. The van der Waals surface area contributed by atoms with Crippen LogP contribution in [0.4, 0.5) is 5.69 Å². The number of nitrogens with zero attached hydrogens (tertiary/aromatic N) is 5. The third-order valence-electron chi connectivity index (χ3n) is 4.48. The largest absolute Gasteiger partial charge is 0.376 e. The lowest BCUT2D eigenvalue weighted by Gasteiger charge is -2.14. The van der Waals surface area contributed by atoms with E-state index in [-0.39, 0.29) is 17.8 Å². The molecule has 0 saturated carbocycles. The number of hydrogen-bond acceptors (Lipinski definition) is 6. The first-order valence-corrected chi connectivity index (χ1v) is 10.2. The van der Waals surface area contributed by atoms with Gasteiger partial charge in [-0.05, 0) is 25.0 Å². The Kier molecular flexibility index (Phi) is 5.73. The van der Waals surface area contributed by atoms with Crippen molar-refractivity contribution in [3.8, 4) is 11.4 Å². The first-order valence-electron chi connectivity index (χ1n) is 9.20. The summed E-state index contributed by atoms with van der Waals surface area (Å²) in [6.45, 7) is 1.46. The van der Waals surface area contributed by atoms with Gasteiger partial charge in [0, 0.05) is 25.5 Å². The monoisotopic (exact) mass is 398 g/mol. The Hall–Kier alpha value is -2.65. The van der Waals surface area contributed by atoms with Crippen LogP contribution in [-0.2, 0) is 23.1 Å². The summed E-state index contributed by atoms with van der Waals surface area (Å²) >= 11 is 1.37. The van der Waals surface area contributed by atoms with Crippen molar-refractivity contribution in [2.24, 2.45) is 7.05 Å². The number of aryl methyl sites for hydroxylation is 1. The highest BCUT2D eigenvalue weighted by Gasteiger charge is 2.22. The molecule has 3 aromatic rings. The molecular formula is C19H22N6O2S. The molecule has 9 heteroatoms. The van der Waals surface area contributed by atoms with Crippen molar-refractivity contribution >= 4 is 23.4 Å².